The van der Waals surface area contributed by atoms with Crippen molar-refractivity contribution < 1.29 is 13.9 Å². The van der Waals surface area contributed by atoms with Crippen molar-refractivity contribution in [3.8, 4) is 0 Å². The van der Waals surface area contributed by atoms with E-state index in [0.29, 0.717) is 5.92 Å². The first-order valence-corrected chi connectivity index (χ1v) is 7.59. The molecule has 1 fully saturated rings. The van der Waals surface area contributed by atoms with Crippen LogP contribution < -0.4 is 0 Å². The Bertz CT molecular complexity index is 278. The van der Waals surface area contributed by atoms with Crippen LogP contribution in [-0.2, 0) is 0 Å². The van der Waals surface area contributed by atoms with E-state index in [1.165, 1.54) is 0 Å². The fourth-order valence-corrected chi connectivity index (χ4v) is 3.31. The second kappa shape index (κ2) is 6.07. The lowest BCUT2D eigenvalue weighted by atomic mass is 9.72. The van der Waals surface area contributed by atoms with Crippen LogP contribution >= 0.6 is 0 Å². The summed E-state index contributed by atoms with van der Waals surface area (Å²) in [5, 5.41) is 10.2. The van der Waals surface area contributed by atoms with Crippen molar-refractivity contribution >= 4 is 0 Å². The molecule has 0 saturated heterocycles. The Kier molecular flexibility index (Phi) is 5.39. The summed E-state index contributed by atoms with van der Waals surface area (Å²) >= 11 is 0. The van der Waals surface area contributed by atoms with Gasteiger partial charge in [0.05, 0.1) is 6.10 Å². The van der Waals surface area contributed by atoms with Gasteiger partial charge in [0, 0.05) is 12.8 Å². The van der Waals surface area contributed by atoms with Crippen molar-refractivity contribution in [3.05, 3.63) is 0 Å². The molecule has 0 aromatic heterocycles. The van der Waals surface area contributed by atoms with Gasteiger partial charge in [0.15, 0.2) is 0 Å². The number of hydrogen-bond acceptors (Lipinski definition) is 1. The summed E-state index contributed by atoms with van der Waals surface area (Å²) in [6.07, 6.45) is 2.73. The van der Waals surface area contributed by atoms with Crippen LogP contribution in [0.3, 0.4) is 0 Å². The van der Waals surface area contributed by atoms with E-state index in [1.807, 2.05) is 13.8 Å². The summed E-state index contributed by atoms with van der Waals surface area (Å²) in [4.78, 5) is 0. The molecule has 1 saturated carbocycles. The molecule has 1 nitrogen and oxygen atoms in total. The summed E-state index contributed by atoms with van der Waals surface area (Å²) in [5.41, 5.74) is -0.0913. The van der Waals surface area contributed by atoms with Gasteiger partial charge in [-0.05, 0) is 36.0 Å². The molecule has 114 valence electrons. The van der Waals surface area contributed by atoms with Gasteiger partial charge in [-0.15, -0.1) is 0 Å². The molecule has 0 radical (unpaired) electrons. The van der Waals surface area contributed by atoms with E-state index in [1.54, 1.807) is 0 Å². The molecule has 0 spiro atoms. The number of aliphatic hydroxyl groups is 1. The highest BCUT2D eigenvalue weighted by Gasteiger charge is 2.45. The number of halogens is 2. The van der Waals surface area contributed by atoms with E-state index in [4.69, 9.17) is 0 Å². The lowest BCUT2D eigenvalue weighted by Crippen LogP contribution is -2.36. The normalized spacial score (nSPS) is 23.2. The summed E-state index contributed by atoms with van der Waals surface area (Å²) in [7, 11) is 0. The van der Waals surface area contributed by atoms with Crippen LogP contribution in [0.1, 0.15) is 66.7 Å². The van der Waals surface area contributed by atoms with Gasteiger partial charge in [0.25, 0.3) is 0 Å². The minimum Gasteiger partial charge on any atom is -0.392 e. The van der Waals surface area contributed by atoms with Crippen molar-refractivity contribution in [1.29, 1.82) is 0 Å². The van der Waals surface area contributed by atoms with Crippen LogP contribution in [0, 0.1) is 23.2 Å². The van der Waals surface area contributed by atoms with Crippen LogP contribution in [0.2, 0.25) is 0 Å². The lowest BCUT2D eigenvalue weighted by molar-refractivity contribution is -0.115. The van der Waals surface area contributed by atoms with E-state index >= 15 is 0 Å². The Hall–Kier alpha value is -0.180. The summed E-state index contributed by atoms with van der Waals surface area (Å²) in [6, 6.07) is 0. The zero-order chi connectivity index (χ0) is 14.8. The Morgan fingerprint density at radius 2 is 1.74 bits per heavy atom. The summed E-state index contributed by atoms with van der Waals surface area (Å²) in [6.45, 7) is 10.4. The Balaban J connectivity index is 2.28. The third-order valence-corrected chi connectivity index (χ3v) is 4.62. The Labute approximate surface area is 116 Å². The summed E-state index contributed by atoms with van der Waals surface area (Å²) < 4.78 is 25.6. The topological polar surface area (TPSA) is 20.2 Å². The monoisotopic (exact) mass is 276 g/mol. The molecule has 1 aliphatic carbocycles. The van der Waals surface area contributed by atoms with Gasteiger partial charge < -0.3 is 5.11 Å². The molecule has 0 aromatic rings. The molecule has 0 amide bonds. The molecule has 1 aliphatic rings. The van der Waals surface area contributed by atoms with Crippen LogP contribution in [0.25, 0.3) is 0 Å². The Morgan fingerprint density at radius 3 is 2.16 bits per heavy atom. The number of aliphatic hydroxyl groups excluding tert-OH is 1. The standard InChI is InChI=1S/C16H30F2O/c1-11(2)14(19)15(4,5)7-6-12(3)8-13-9-16(17,18)10-13/h11-14,19H,6-10H2,1-5H3. The van der Waals surface area contributed by atoms with Crippen molar-refractivity contribution in [2.24, 2.45) is 23.2 Å². The Morgan fingerprint density at radius 1 is 1.21 bits per heavy atom. The zero-order valence-corrected chi connectivity index (χ0v) is 13.0. The van der Waals surface area contributed by atoms with E-state index < -0.39 is 5.92 Å². The molecule has 2 atom stereocenters. The van der Waals surface area contributed by atoms with Crippen LogP contribution in [-0.4, -0.2) is 17.1 Å². The predicted octanol–water partition coefficient (Wildman–Crippen LogP) is 4.88. The first kappa shape index (κ1) is 16.9. The second-order valence-electron chi connectivity index (χ2n) is 7.69. The van der Waals surface area contributed by atoms with Gasteiger partial charge in [0.1, 0.15) is 0 Å². The average Bonchev–Trinajstić information content (AvgIpc) is 2.22. The van der Waals surface area contributed by atoms with E-state index in [9.17, 15) is 13.9 Å². The minimum absolute atomic E-state index is 0.0787. The molecular weight excluding hydrogens is 246 g/mol. The minimum atomic E-state index is -2.39. The average molecular weight is 276 g/mol. The third-order valence-electron chi connectivity index (χ3n) is 4.62. The fourth-order valence-electron chi connectivity index (χ4n) is 3.31. The predicted molar refractivity (Wildman–Crippen MR) is 75.3 cm³/mol. The van der Waals surface area contributed by atoms with Crippen molar-refractivity contribution in [1.82, 2.24) is 0 Å². The maximum Gasteiger partial charge on any atom is 0.248 e. The molecule has 1 N–H and O–H groups in total. The zero-order valence-electron chi connectivity index (χ0n) is 13.0. The molecule has 2 unspecified atom stereocenters. The van der Waals surface area contributed by atoms with Gasteiger partial charge in [0.2, 0.25) is 5.92 Å². The molecule has 0 aliphatic heterocycles. The highest BCUT2D eigenvalue weighted by atomic mass is 19.3. The molecule has 3 heteroatoms. The molecular formula is C16H30F2O. The van der Waals surface area contributed by atoms with E-state index in [-0.39, 0.29) is 36.2 Å². The van der Waals surface area contributed by atoms with Crippen molar-refractivity contribution in [2.75, 3.05) is 0 Å². The third kappa shape index (κ3) is 5.02. The van der Waals surface area contributed by atoms with Crippen molar-refractivity contribution in [2.45, 2.75) is 78.7 Å². The maximum absolute atomic E-state index is 12.8. The van der Waals surface area contributed by atoms with Gasteiger partial charge in [-0.1, -0.05) is 41.0 Å². The first-order valence-electron chi connectivity index (χ1n) is 7.59. The molecule has 1 rings (SSSR count). The smallest absolute Gasteiger partial charge is 0.248 e. The summed E-state index contributed by atoms with van der Waals surface area (Å²) in [5.74, 6) is -1.45. The van der Waals surface area contributed by atoms with E-state index in [2.05, 4.69) is 20.8 Å². The lowest BCUT2D eigenvalue weighted by Gasteiger charge is -2.38. The van der Waals surface area contributed by atoms with Crippen LogP contribution in [0.4, 0.5) is 8.78 Å². The highest BCUT2D eigenvalue weighted by molar-refractivity contribution is 4.87. The van der Waals surface area contributed by atoms with Gasteiger partial charge in [-0.25, -0.2) is 8.78 Å². The van der Waals surface area contributed by atoms with Crippen molar-refractivity contribution in [3.63, 3.8) is 0 Å². The number of rotatable bonds is 7. The fraction of sp³-hybridized carbons (Fsp3) is 1.00. The van der Waals surface area contributed by atoms with Gasteiger partial charge in [-0.3, -0.25) is 0 Å². The second-order valence-corrected chi connectivity index (χ2v) is 7.69. The van der Waals surface area contributed by atoms with Crippen LogP contribution in [0.5, 0.6) is 0 Å². The molecule has 19 heavy (non-hydrogen) atoms. The first-order chi connectivity index (χ1) is 8.53. The quantitative estimate of drug-likeness (QED) is 0.702. The number of alkyl halides is 2. The number of hydrogen-bond donors (Lipinski definition) is 1. The van der Waals surface area contributed by atoms with Crippen LogP contribution in [0.15, 0.2) is 0 Å². The SMILES string of the molecule is CC(CCC(C)(C)C(O)C(C)C)CC1CC(F)(F)C1. The molecule has 0 bridgehead atoms. The molecule has 0 heterocycles. The molecule has 0 aromatic carbocycles. The van der Waals surface area contributed by atoms with Gasteiger partial charge >= 0.3 is 0 Å². The van der Waals surface area contributed by atoms with Gasteiger partial charge in [-0.2, -0.15) is 0 Å². The van der Waals surface area contributed by atoms with E-state index in [0.717, 1.165) is 19.3 Å². The highest BCUT2D eigenvalue weighted by Crippen LogP contribution is 2.46. The largest absolute Gasteiger partial charge is 0.392 e. The maximum atomic E-state index is 12.8.